The zero-order chi connectivity index (χ0) is 13.2. The predicted octanol–water partition coefficient (Wildman–Crippen LogP) is 1.34. The van der Waals surface area contributed by atoms with Gasteiger partial charge in [0.05, 0.1) is 11.1 Å². The number of aromatic carboxylic acids is 1. The number of aromatic nitrogens is 1. The molecule has 1 aromatic heterocycles. The molecule has 5 nitrogen and oxygen atoms in total. The van der Waals surface area contributed by atoms with Crippen LogP contribution in [0.15, 0.2) is 30.3 Å². The Morgan fingerprint density at radius 3 is 2.74 bits per heavy atom. The lowest BCUT2D eigenvalue weighted by molar-refractivity contribution is 0.0697. The lowest BCUT2D eigenvalue weighted by atomic mass is 10.1. The molecule has 5 heteroatoms. The summed E-state index contributed by atoms with van der Waals surface area (Å²) in [6.07, 6.45) is 0. The summed E-state index contributed by atoms with van der Waals surface area (Å²) in [4.78, 5) is 17.8. The normalized spacial score (nSPS) is 15.7. The standard InChI is InChI=1S/C14H15N3O2/c18-14(19)11-1-3-12-10(9-11)2-4-13(16-12)17-7-5-15-6-8-17/h1-4,9,15H,5-8H2,(H,18,19). The van der Waals surface area contributed by atoms with Gasteiger partial charge in [-0.1, -0.05) is 0 Å². The Balaban J connectivity index is 1.97. The van der Waals surface area contributed by atoms with Gasteiger partial charge in [0.2, 0.25) is 0 Å². The third kappa shape index (κ3) is 2.37. The molecule has 19 heavy (non-hydrogen) atoms. The lowest BCUT2D eigenvalue weighted by Gasteiger charge is -2.28. The predicted molar refractivity (Wildman–Crippen MR) is 73.8 cm³/mol. The highest BCUT2D eigenvalue weighted by Crippen LogP contribution is 2.19. The van der Waals surface area contributed by atoms with E-state index in [1.165, 1.54) is 0 Å². The Labute approximate surface area is 110 Å². The van der Waals surface area contributed by atoms with Gasteiger partial charge in [0.1, 0.15) is 5.82 Å². The van der Waals surface area contributed by atoms with Crippen molar-refractivity contribution >= 4 is 22.7 Å². The quantitative estimate of drug-likeness (QED) is 0.850. The van der Waals surface area contributed by atoms with Gasteiger partial charge in [-0.05, 0) is 30.3 Å². The largest absolute Gasteiger partial charge is 0.478 e. The van der Waals surface area contributed by atoms with Crippen LogP contribution in [0.4, 0.5) is 5.82 Å². The van der Waals surface area contributed by atoms with E-state index in [0.29, 0.717) is 5.56 Å². The van der Waals surface area contributed by atoms with E-state index in [2.05, 4.69) is 15.2 Å². The summed E-state index contributed by atoms with van der Waals surface area (Å²) >= 11 is 0. The van der Waals surface area contributed by atoms with Gasteiger partial charge < -0.3 is 15.3 Å². The molecule has 1 aromatic carbocycles. The zero-order valence-electron chi connectivity index (χ0n) is 10.5. The van der Waals surface area contributed by atoms with Crippen LogP contribution in [0.1, 0.15) is 10.4 Å². The van der Waals surface area contributed by atoms with Crippen LogP contribution in [0.2, 0.25) is 0 Å². The molecule has 3 rings (SSSR count). The number of anilines is 1. The Hall–Kier alpha value is -2.14. The number of nitrogens with zero attached hydrogens (tertiary/aromatic N) is 2. The first-order chi connectivity index (χ1) is 9.24. The van der Waals surface area contributed by atoms with Crippen molar-refractivity contribution in [1.82, 2.24) is 10.3 Å². The summed E-state index contributed by atoms with van der Waals surface area (Å²) < 4.78 is 0. The molecule has 0 spiro atoms. The van der Waals surface area contributed by atoms with Gasteiger partial charge >= 0.3 is 5.97 Å². The molecule has 0 amide bonds. The molecule has 1 aliphatic heterocycles. The Bertz CT molecular complexity index is 621. The van der Waals surface area contributed by atoms with E-state index in [1.807, 2.05) is 12.1 Å². The smallest absolute Gasteiger partial charge is 0.335 e. The molecule has 2 aromatic rings. The van der Waals surface area contributed by atoms with Gasteiger partial charge in [0, 0.05) is 31.6 Å². The highest BCUT2D eigenvalue weighted by molar-refractivity contribution is 5.93. The van der Waals surface area contributed by atoms with E-state index in [9.17, 15) is 4.79 Å². The second-order valence-corrected chi connectivity index (χ2v) is 4.62. The maximum absolute atomic E-state index is 10.9. The van der Waals surface area contributed by atoms with Crippen LogP contribution in [0.5, 0.6) is 0 Å². The number of hydrogen-bond acceptors (Lipinski definition) is 4. The summed E-state index contributed by atoms with van der Waals surface area (Å²) in [6, 6.07) is 8.92. The van der Waals surface area contributed by atoms with Crippen molar-refractivity contribution in [3.63, 3.8) is 0 Å². The Kier molecular flexibility index (Phi) is 3.05. The average molecular weight is 257 g/mol. The van der Waals surface area contributed by atoms with Crippen LogP contribution in [0, 0.1) is 0 Å². The monoisotopic (exact) mass is 257 g/mol. The first-order valence-electron chi connectivity index (χ1n) is 6.34. The van der Waals surface area contributed by atoms with Gasteiger partial charge in [-0.25, -0.2) is 9.78 Å². The molecule has 2 heterocycles. The van der Waals surface area contributed by atoms with Crippen LogP contribution in [-0.2, 0) is 0 Å². The van der Waals surface area contributed by atoms with Gasteiger partial charge in [-0.2, -0.15) is 0 Å². The van der Waals surface area contributed by atoms with E-state index < -0.39 is 5.97 Å². The number of pyridine rings is 1. The van der Waals surface area contributed by atoms with Crippen molar-refractivity contribution in [2.45, 2.75) is 0 Å². The van der Waals surface area contributed by atoms with Crippen LogP contribution in [-0.4, -0.2) is 42.2 Å². The molecule has 2 N–H and O–H groups in total. The second kappa shape index (κ2) is 4.85. The first kappa shape index (κ1) is 11.9. The fourth-order valence-electron chi connectivity index (χ4n) is 2.32. The minimum absolute atomic E-state index is 0.296. The number of benzene rings is 1. The van der Waals surface area contributed by atoms with E-state index >= 15 is 0 Å². The van der Waals surface area contributed by atoms with E-state index in [1.54, 1.807) is 18.2 Å². The molecule has 0 aliphatic carbocycles. The third-order valence-electron chi connectivity index (χ3n) is 3.36. The lowest BCUT2D eigenvalue weighted by Crippen LogP contribution is -2.43. The van der Waals surface area contributed by atoms with Gasteiger partial charge in [-0.3, -0.25) is 0 Å². The second-order valence-electron chi connectivity index (χ2n) is 4.62. The maximum Gasteiger partial charge on any atom is 0.335 e. The maximum atomic E-state index is 10.9. The fourth-order valence-corrected chi connectivity index (χ4v) is 2.32. The number of carboxylic acids is 1. The van der Waals surface area contributed by atoms with Crippen molar-refractivity contribution in [3.8, 4) is 0 Å². The SMILES string of the molecule is O=C(O)c1ccc2nc(N3CCNCC3)ccc2c1. The third-order valence-corrected chi connectivity index (χ3v) is 3.36. The molecule has 0 bridgehead atoms. The number of piperazine rings is 1. The summed E-state index contributed by atoms with van der Waals surface area (Å²) in [6.45, 7) is 3.84. The van der Waals surface area contributed by atoms with Crippen molar-refractivity contribution in [2.75, 3.05) is 31.1 Å². The average Bonchev–Trinajstić information content (AvgIpc) is 2.47. The molecule has 0 saturated carbocycles. The molecular weight excluding hydrogens is 242 g/mol. The number of nitrogens with one attached hydrogen (secondary N) is 1. The summed E-state index contributed by atoms with van der Waals surface area (Å²) in [5.74, 6) is 0.0464. The number of hydrogen-bond donors (Lipinski definition) is 2. The summed E-state index contributed by atoms with van der Waals surface area (Å²) in [5, 5.41) is 13.1. The highest BCUT2D eigenvalue weighted by atomic mass is 16.4. The Morgan fingerprint density at radius 2 is 2.00 bits per heavy atom. The number of carboxylic acid groups (broad SMARTS) is 1. The molecule has 1 saturated heterocycles. The zero-order valence-corrected chi connectivity index (χ0v) is 10.5. The van der Waals surface area contributed by atoms with Crippen LogP contribution in [0.25, 0.3) is 10.9 Å². The van der Waals surface area contributed by atoms with Crippen molar-refractivity contribution < 1.29 is 9.90 Å². The Morgan fingerprint density at radius 1 is 1.21 bits per heavy atom. The van der Waals surface area contributed by atoms with Crippen molar-refractivity contribution in [3.05, 3.63) is 35.9 Å². The molecule has 98 valence electrons. The van der Waals surface area contributed by atoms with E-state index in [-0.39, 0.29) is 0 Å². The van der Waals surface area contributed by atoms with Crippen LogP contribution >= 0.6 is 0 Å². The topological polar surface area (TPSA) is 65.5 Å². The van der Waals surface area contributed by atoms with Crippen LogP contribution in [0.3, 0.4) is 0 Å². The van der Waals surface area contributed by atoms with Gasteiger partial charge in [-0.15, -0.1) is 0 Å². The van der Waals surface area contributed by atoms with E-state index in [0.717, 1.165) is 42.9 Å². The number of fused-ring (bicyclic) bond motifs is 1. The molecule has 0 atom stereocenters. The molecule has 1 fully saturated rings. The molecule has 1 aliphatic rings. The first-order valence-corrected chi connectivity index (χ1v) is 6.34. The fraction of sp³-hybridized carbons (Fsp3) is 0.286. The number of rotatable bonds is 2. The van der Waals surface area contributed by atoms with Gasteiger partial charge in [0.15, 0.2) is 0 Å². The summed E-state index contributed by atoms with van der Waals surface area (Å²) in [7, 11) is 0. The minimum atomic E-state index is -0.909. The molecule has 0 radical (unpaired) electrons. The van der Waals surface area contributed by atoms with Crippen LogP contribution < -0.4 is 10.2 Å². The summed E-state index contributed by atoms with van der Waals surface area (Å²) in [5.41, 5.74) is 1.13. The van der Waals surface area contributed by atoms with E-state index in [4.69, 9.17) is 5.11 Å². The van der Waals surface area contributed by atoms with Crippen molar-refractivity contribution in [1.29, 1.82) is 0 Å². The number of carbonyl (C=O) groups is 1. The van der Waals surface area contributed by atoms with Crippen molar-refractivity contribution in [2.24, 2.45) is 0 Å². The van der Waals surface area contributed by atoms with Gasteiger partial charge in [0.25, 0.3) is 0 Å². The molecule has 0 unspecified atom stereocenters. The minimum Gasteiger partial charge on any atom is -0.478 e. The molecular formula is C14H15N3O2. The highest BCUT2D eigenvalue weighted by Gasteiger charge is 2.12.